The van der Waals surface area contributed by atoms with Crippen LogP contribution in [-0.4, -0.2) is 24.5 Å². The maximum absolute atomic E-state index is 12.3. The van der Waals surface area contributed by atoms with Crippen molar-refractivity contribution in [2.45, 2.75) is 12.8 Å². The summed E-state index contributed by atoms with van der Waals surface area (Å²) < 4.78 is 5.28. The molecule has 0 atom stereocenters. The van der Waals surface area contributed by atoms with Crippen molar-refractivity contribution >= 4 is 18.1 Å². The molecular formula is C19H20N2O2. The van der Waals surface area contributed by atoms with Gasteiger partial charge in [0, 0.05) is 17.1 Å². The number of hydrogen-bond donors (Lipinski definition) is 2. The Morgan fingerprint density at radius 2 is 2.09 bits per heavy atom. The van der Waals surface area contributed by atoms with Crippen LogP contribution in [-0.2, 0) is 11.2 Å². The van der Waals surface area contributed by atoms with E-state index in [1.165, 1.54) is 5.56 Å². The predicted octanol–water partition coefficient (Wildman–Crippen LogP) is 1.48. The number of nitrogens with one attached hydrogen (secondary N) is 2. The summed E-state index contributed by atoms with van der Waals surface area (Å²) in [6.45, 7) is 0.614. The molecule has 0 aliphatic heterocycles. The van der Waals surface area contributed by atoms with Crippen LogP contribution in [0.1, 0.15) is 22.5 Å². The first kappa shape index (κ1) is 15.2. The van der Waals surface area contributed by atoms with E-state index in [-0.39, 0.29) is 5.91 Å². The minimum atomic E-state index is -0.0845. The summed E-state index contributed by atoms with van der Waals surface area (Å²) in [7, 11) is 1.65. The average molecular weight is 308 g/mol. The van der Waals surface area contributed by atoms with E-state index in [1.807, 2.05) is 36.4 Å². The number of fused-ring (bicyclic) bond motifs is 1. The summed E-state index contributed by atoms with van der Waals surface area (Å²) in [6.07, 6.45) is 7.60. The van der Waals surface area contributed by atoms with Gasteiger partial charge in [-0.2, -0.15) is 0 Å². The smallest absolute Gasteiger partial charge is 0.267 e. The molecule has 1 heterocycles. The Balaban J connectivity index is 1.67. The first-order valence-electron chi connectivity index (χ1n) is 7.73. The Bertz CT molecular complexity index is 832. The van der Waals surface area contributed by atoms with Gasteiger partial charge in [0.05, 0.1) is 7.11 Å². The van der Waals surface area contributed by atoms with E-state index >= 15 is 0 Å². The molecule has 0 fully saturated rings. The van der Waals surface area contributed by atoms with E-state index < -0.39 is 0 Å². The first-order valence-corrected chi connectivity index (χ1v) is 7.73. The highest BCUT2D eigenvalue weighted by Gasteiger charge is 2.08. The third-order valence-electron chi connectivity index (χ3n) is 3.84. The van der Waals surface area contributed by atoms with Gasteiger partial charge in [-0.15, -0.1) is 0 Å². The van der Waals surface area contributed by atoms with Gasteiger partial charge in [0.15, 0.2) is 0 Å². The number of carbonyl (C=O) groups excluding carboxylic acids is 1. The molecule has 23 heavy (non-hydrogen) atoms. The zero-order valence-electron chi connectivity index (χ0n) is 13.1. The zero-order chi connectivity index (χ0) is 16.1. The molecule has 0 saturated heterocycles. The van der Waals surface area contributed by atoms with Gasteiger partial charge in [0.1, 0.15) is 11.5 Å². The minimum Gasteiger partial charge on any atom is -0.497 e. The molecule has 0 radical (unpaired) electrons. The molecule has 4 heteroatoms. The summed E-state index contributed by atoms with van der Waals surface area (Å²) >= 11 is 0. The molecule has 2 aromatic rings. The van der Waals surface area contributed by atoms with E-state index in [1.54, 1.807) is 7.11 Å². The highest BCUT2D eigenvalue weighted by atomic mass is 16.5. The summed E-state index contributed by atoms with van der Waals surface area (Å²) in [5.74, 6) is 0.730. The van der Waals surface area contributed by atoms with Crippen LogP contribution in [0.15, 0.2) is 48.2 Å². The number of ether oxygens (including phenoxy) is 1. The zero-order valence-corrected chi connectivity index (χ0v) is 13.1. The lowest BCUT2D eigenvalue weighted by atomic mass is 10.1. The largest absolute Gasteiger partial charge is 0.497 e. The van der Waals surface area contributed by atoms with Crippen molar-refractivity contribution in [2.75, 3.05) is 13.7 Å². The van der Waals surface area contributed by atoms with Crippen molar-refractivity contribution in [3.63, 3.8) is 0 Å². The van der Waals surface area contributed by atoms with Crippen molar-refractivity contribution in [3.8, 4) is 0 Å². The summed E-state index contributed by atoms with van der Waals surface area (Å²) in [6, 6.07) is 12.0. The molecule has 1 aliphatic rings. The Morgan fingerprint density at radius 3 is 2.87 bits per heavy atom. The highest BCUT2D eigenvalue weighted by Crippen LogP contribution is 2.02. The molecule has 0 saturated carbocycles. The average Bonchev–Trinajstić information content (AvgIpc) is 2.88. The Hall–Kier alpha value is -2.75. The molecule has 4 nitrogen and oxygen atoms in total. The van der Waals surface area contributed by atoms with Gasteiger partial charge >= 0.3 is 0 Å². The van der Waals surface area contributed by atoms with Crippen LogP contribution < -0.4 is 15.9 Å². The number of aromatic nitrogens is 1. The van der Waals surface area contributed by atoms with Gasteiger partial charge in [0.2, 0.25) is 0 Å². The molecule has 0 unspecified atom stereocenters. The summed E-state index contributed by atoms with van der Waals surface area (Å²) in [5.41, 5.74) is 1.79. The normalized spacial score (nSPS) is 13.0. The third kappa shape index (κ3) is 3.72. The lowest BCUT2D eigenvalue weighted by Crippen LogP contribution is -2.26. The maximum Gasteiger partial charge on any atom is 0.267 e. The number of rotatable bonds is 5. The standard InChI is InChI=1S/C19H20N2O2/c1-23-16-8-5-9-17-15(12-16)13-18(21-17)19(22)20-11-10-14-6-3-2-4-7-14/h2-4,6-9,12-13,21H,5,10-11H2,1H3,(H,20,22). The van der Waals surface area contributed by atoms with E-state index in [9.17, 15) is 4.79 Å². The Morgan fingerprint density at radius 1 is 1.26 bits per heavy atom. The second-order valence-corrected chi connectivity index (χ2v) is 5.44. The van der Waals surface area contributed by atoms with Crippen molar-refractivity contribution in [1.82, 2.24) is 10.3 Å². The van der Waals surface area contributed by atoms with Crippen LogP contribution in [0.4, 0.5) is 0 Å². The maximum atomic E-state index is 12.3. The topological polar surface area (TPSA) is 54.1 Å². The van der Waals surface area contributed by atoms with Crippen molar-refractivity contribution in [2.24, 2.45) is 0 Å². The van der Waals surface area contributed by atoms with Gasteiger partial charge in [-0.3, -0.25) is 4.79 Å². The molecular weight excluding hydrogens is 288 g/mol. The molecule has 1 amide bonds. The fraction of sp³-hybridized carbons (Fsp3) is 0.211. The second-order valence-electron chi connectivity index (χ2n) is 5.44. The van der Waals surface area contributed by atoms with E-state index in [4.69, 9.17) is 4.74 Å². The fourth-order valence-electron chi connectivity index (χ4n) is 2.60. The second kappa shape index (κ2) is 7.01. The molecule has 1 aliphatic carbocycles. The molecule has 0 bridgehead atoms. The number of methoxy groups -OCH3 is 1. The lowest BCUT2D eigenvalue weighted by Gasteiger charge is -2.03. The number of H-pyrrole nitrogens is 1. The number of allylic oxidation sites excluding steroid dienone is 2. The van der Waals surface area contributed by atoms with Crippen molar-refractivity contribution < 1.29 is 9.53 Å². The SMILES string of the molecule is COC1=CCC=c2[nH]c(C(=O)NCCc3ccccc3)cc2=C1. The summed E-state index contributed by atoms with van der Waals surface area (Å²) in [4.78, 5) is 15.5. The highest BCUT2D eigenvalue weighted by molar-refractivity contribution is 5.92. The quantitative estimate of drug-likeness (QED) is 0.879. The number of benzene rings is 1. The van der Waals surface area contributed by atoms with Gasteiger partial charge in [-0.05, 0) is 36.6 Å². The number of carbonyl (C=O) groups is 1. The fourth-order valence-corrected chi connectivity index (χ4v) is 2.60. The monoisotopic (exact) mass is 308 g/mol. The van der Waals surface area contributed by atoms with E-state index in [2.05, 4.69) is 28.5 Å². The molecule has 2 N–H and O–H groups in total. The number of aromatic amines is 1. The van der Waals surface area contributed by atoms with Crippen LogP contribution in [0.3, 0.4) is 0 Å². The Labute approximate surface area is 135 Å². The van der Waals surface area contributed by atoms with Crippen LogP contribution in [0.25, 0.3) is 12.2 Å². The molecule has 1 aromatic carbocycles. The predicted molar refractivity (Wildman–Crippen MR) is 91.2 cm³/mol. The molecule has 3 rings (SSSR count). The first-order chi connectivity index (χ1) is 11.3. The van der Waals surface area contributed by atoms with Crippen molar-refractivity contribution in [3.05, 3.63) is 70.1 Å². The number of hydrogen-bond acceptors (Lipinski definition) is 2. The lowest BCUT2D eigenvalue weighted by molar-refractivity contribution is 0.0949. The van der Waals surface area contributed by atoms with Crippen LogP contribution in [0.2, 0.25) is 0 Å². The van der Waals surface area contributed by atoms with Crippen molar-refractivity contribution in [1.29, 1.82) is 0 Å². The molecule has 118 valence electrons. The third-order valence-corrected chi connectivity index (χ3v) is 3.84. The van der Waals surface area contributed by atoms with Gasteiger partial charge in [-0.1, -0.05) is 36.4 Å². The summed E-state index contributed by atoms with van der Waals surface area (Å²) in [5, 5.41) is 4.89. The van der Waals surface area contributed by atoms with E-state index in [0.29, 0.717) is 12.2 Å². The van der Waals surface area contributed by atoms with E-state index in [0.717, 1.165) is 29.2 Å². The molecule has 0 spiro atoms. The number of amides is 1. The van der Waals surface area contributed by atoms with Gasteiger partial charge < -0.3 is 15.0 Å². The minimum absolute atomic E-state index is 0.0845. The van der Waals surface area contributed by atoms with Crippen LogP contribution in [0.5, 0.6) is 0 Å². The van der Waals surface area contributed by atoms with Gasteiger partial charge in [0.25, 0.3) is 5.91 Å². The Kier molecular flexibility index (Phi) is 4.62. The van der Waals surface area contributed by atoms with Gasteiger partial charge in [-0.25, -0.2) is 0 Å². The van der Waals surface area contributed by atoms with Crippen LogP contribution in [0, 0.1) is 0 Å². The van der Waals surface area contributed by atoms with Crippen LogP contribution >= 0.6 is 0 Å². The molecule has 1 aromatic heterocycles.